The van der Waals surface area contributed by atoms with Gasteiger partial charge in [-0.25, -0.2) is 9.07 Å². The van der Waals surface area contributed by atoms with Gasteiger partial charge in [0, 0.05) is 12.6 Å². The number of primary amides is 1. The first-order chi connectivity index (χ1) is 11.1. The van der Waals surface area contributed by atoms with Crippen molar-refractivity contribution in [2.75, 3.05) is 6.54 Å². The molecule has 2 N–H and O–H groups in total. The van der Waals surface area contributed by atoms with E-state index in [9.17, 15) is 9.18 Å². The van der Waals surface area contributed by atoms with E-state index >= 15 is 0 Å². The number of nitrogens with two attached hydrogens (primary N) is 1. The number of piperidine rings is 1. The molecule has 1 aliphatic rings. The summed E-state index contributed by atoms with van der Waals surface area (Å²) in [7, 11) is 0. The fourth-order valence-corrected chi connectivity index (χ4v) is 3.10. The number of halogens is 1. The first-order valence-corrected chi connectivity index (χ1v) is 7.78. The van der Waals surface area contributed by atoms with E-state index in [1.807, 2.05) is 12.1 Å². The predicted molar refractivity (Wildman–Crippen MR) is 82.6 cm³/mol. The van der Waals surface area contributed by atoms with Crippen LogP contribution in [-0.4, -0.2) is 32.3 Å². The predicted octanol–water partition coefficient (Wildman–Crippen LogP) is 1.63. The fraction of sp³-hybridized carbons (Fsp3) is 0.438. The third-order valence-corrected chi connectivity index (χ3v) is 4.14. The molecule has 1 amide bonds. The highest BCUT2D eigenvalue weighted by Crippen LogP contribution is 2.31. The first kappa shape index (κ1) is 15.6. The van der Waals surface area contributed by atoms with Gasteiger partial charge >= 0.3 is 0 Å². The number of carbonyl (C=O) groups excluding carboxylic acids is 1. The van der Waals surface area contributed by atoms with Crippen molar-refractivity contribution < 1.29 is 9.18 Å². The van der Waals surface area contributed by atoms with Crippen LogP contribution in [-0.2, 0) is 17.9 Å². The maximum Gasteiger partial charge on any atom is 0.239 e. The van der Waals surface area contributed by atoms with Crippen LogP contribution >= 0.6 is 0 Å². The quantitative estimate of drug-likeness (QED) is 0.909. The van der Waals surface area contributed by atoms with E-state index in [0.717, 1.165) is 37.1 Å². The van der Waals surface area contributed by atoms with E-state index in [4.69, 9.17) is 5.73 Å². The van der Waals surface area contributed by atoms with E-state index in [2.05, 4.69) is 15.2 Å². The Morgan fingerprint density at radius 2 is 2.09 bits per heavy atom. The molecule has 0 saturated carbocycles. The minimum absolute atomic E-state index is 0.0361. The van der Waals surface area contributed by atoms with Crippen molar-refractivity contribution >= 4 is 5.91 Å². The van der Waals surface area contributed by atoms with Gasteiger partial charge in [0.15, 0.2) is 0 Å². The molecule has 3 rings (SSSR count). The Bertz CT molecular complexity index is 669. The van der Waals surface area contributed by atoms with Crippen LogP contribution in [0.5, 0.6) is 0 Å². The standard InChI is InChI=1S/C16H20FN5O/c17-13-6-4-12(5-7-13)15-3-1-2-8-21(15)9-14-10-22(20-19-14)11-16(18)23/h4-7,10,15H,1-3,8-9,11H2,(H2,18,23). The minimum atomic E-state index is -0.441. The Morgan fingerprint density at radius 3 is 2.83 bits per heavy atom. The molecule has 6 nitrogen and oxygen atoms in total. The Labute approximate surface area is 134 Å². The molecule has 7 heteroatoms. The second kappa shape index (κ2) is 6.87. The van der Waals surface area contributed by atoms with Gasteiger partial charge in [0.1, 0.15) is 12.4 Å². The van der Waals surface area contributed by atoms with Gasteiger partial charge in [0.2, 0.25) is 5.91 Å². The van der Waals surface area contributed by atoms with Gasteiger partial charge in [-0.2, -0.15) is 0 Å². The molecule has 1 aromatic heterocycles. The van der Waals surface area contributed by atoms with E-state index in [1.54, 1.807) is 6.20 Å². The lowest BCUT2D eigenvalue weighted by molar-refractivity contribution is -0.118. The van der Waals surface area contributed by atoms with Gasteiger partial charge in [0.25, 0.3) is 0 Å². The van der Waals surface area contributed by atoms with Crippen LogP contribution in [0.25, 0.3) is 0 Å². The van der Waals surface area contributed by atoms with Crippen LogP contribution in [0.1, 0.15) is 36.6 Å². The highest BCUT2D eigenvalue weighted by Gasteiger charge is 2.24. The SMILES string of the molecule is NC(=O)Cn1cc(CN2CCCCC2c2ccc(F)cc2)nn1. The smallest absolute Gasteiger partial charge is 0.239 e. The summed E-state index contributed by atoms with van der Waals surface area (Å²) in [6, 6.07) is 6.96. The molecule has 1 aromatic carbocycles. The highest BCUT2D eigenvalue weighted by atomic mass is 19.1. The highest BCUT2D eigenvalue weighted by molar-refractivity contribution is 5.73. The van der Waals surface area contributed by atoms with Crippen molar-refractivity contribution in [1.82, 2.24) is 19.9 Å². The van der Waals surface area contributed by atoms with Crippen LogP contribution in [0, 0.1) is 5.82 Å². The molecule has 0 bridgehead atoms. The topological polar surface area (TPSA) is 77.0 Å². The molecule has 0 spiro atoms. The summed E-state index contributed by atoms with van der Waals surface area (Å²) in [6.07, 6.45) is 5.09. The summed E-state index contributed by atoms with van der Waals surface area (Å²) in [6.45, 7) is 1.65. The van der Waals surface area contributed by atoms with Crippen LogP contribution < -0.4 is 5.73 Å². The molecule has 1 unspecified atom stereocenters. The molecule has 1 aliphatic heterocycles. The number of aromatic nitrogens is 3. The summed E-state index contributed by atoms with van der Waals surface area (Å²) < 4.78 is 14.6. The largest absolute Gasteiger partial charge is 0.368 e. The molecular weight excluding hydrogens is 297 g/mol. The van der Waals surface area contributed by atoms with Crippen molar-refractivity contribution in [2.24, 2.45) is 5.73 Å². The van der Waals surface area contributed by atoms with Crippen molar-refractivity contribution in [3.63, 3.8) is 0 Å². The molecule has 1 fully saturated rings. The molecule has 122 valence electrons. The number of amides is 1. The van der Waals surface area contributed by atoms with Crippen LogP contribution in [0.2, 0.25) is 0 Å². The number of rotatable bonds is 5. The van der Waals surface area contributed by atoms with Gasteiger partial charge in [-0.3, -0.25) is 9.69 Å². The van der Waals surface area contributed by atoms with E-state index < -0.39 is 5.91 Å². The van der Waals surface area contributed by atoms with Crippen LogP contribution in [0.15, 0.2) is 30.5 Å². The van der Waals surface area contributed by atoms with E-state index in [0.29, 0.717) is 6.54 Å². The van der Waals surface area contributed by atoms with Crippen LogP contribution in [0.4, 0.5) is 4.39 Å². The molecule has 2 aromatic rings. The monoisotopic (exact) mass is 317 g/mol. The van der Waals surface area contributed by atoms with Gasteiger partial charge in [-0.05, 0) is 37.1 Å². The minimum Gasteiger partial charge on any atom is -0.368 e. The lowest BCUT2D eigenvalue weighted by Gasteiger charge is -2.35. The normalized spacial score (nSPS) is 18.9. The summed E-state index contributed by atoms with van der Waals surface area (Å²) in [5, 5.41) is 8.03. The second-order valence-electron chi connectivity index (χ2n) is 5.91. The van der Waals surface area contributed by atoms with Gasteiger partial charge in [0.05, 0.1) is 11.9 Å². The zero-order valence-corrected chi connectivity index (χ0v) is 12.9. The molecule has 0 radical (unpaired) electrons. The van der Waals surface area contributed by atoms with Crippen molar-refractivity contribution in [1.29, 1.82) is 0 Å². The second-order valence-corrected chi connectivity index (χ2v) is 5.91. The van der Waals surface area contributed by atoms with Gasteiger partial charge in [-0.15, -0.1) is 5.10 Å². The lowest BCUT2D eigenvalue weighted by atomic mass is 9.95. The third kappa shape index (κ3) is 3.92. The summed E-state index contributed by atoms with van der Waals surface area (Å²) in [4.78, 5) is 13.3. The average molecular weight is 317 g/mol. The third-order valence-electron chi connectivity index (χ3n) is 4.14. The molecule has 23 heavy (non-hydrogen) atoms. The number of benzene rings is 1. The van der Waals surface area contributed by atoms with Gasteiger partial charge in [-0.1, -0.05) is 23.8 Å². The molecule has 1 saturated heterocycles. The number of likely N-dealkylation sites (tertiary alicyclic amines) is 1. The average Bonchev–Trinajstić information content (AvgIpc) is 2.95. The molecule has 1 atom stereocenters. The molecular formula is C16H20FN5O. The maximum atomic E-state index is 13.1. The molecule has 0 aliphatic carbocycles. The van der Waals surface area contributed by atoms with Crippen molar-refractivity contribution in [3.8, 4) is 0 Å². The van der Waals surface area contributed by atoms with E-state index in [-0.39, 0.29) is 18.4 Å². The fourth-order valence-electron chi connectivity index (χ4n) is 3.10. The van der Waals surface area contributed by atoms with E-state index in [1.165, 1.54) is 16.8 Å². The summed E-state index contributed by atoms with van der Waals surface area (Å²) in [5.41, 5.74) is 7.09. The molecule has 2 heterocycles. The summed E-state index contributed by atoms with van der Waals surface area (Å²) >= 11 is 0. The van der Waals surface area contributed by atoms with Crippen LogP contribution in [0.3, 0.4) is 0 Å². The van der Waals surface area contributed by atoms with Gasteiger partial charge < -0.3 is 5.73 Å². The van der Waals surface area contributed by atoms with Crippen molar-refractivity contribution in [3.05, 3.63) is 47.5 Å². The maximum absolute atomic E-state index is 13.1. The Hall–Kier alpha value is -2.28. The summed E-state index contributed by atoms with van der Waals surface area (Å²) in [5.74, 6) is -0.658. The zero-order chi connectivity index (χ0) is 16.2. The Morgan fingerprint density at radius 1 is 1.30 bits per heavy atom. The number of nitrogens with zero attached hydrogens (tertiary/aromatic N) is 4. The number of hydrogen-bond donors (Lipinski definition) is 1. The zero-order valence-electron chi connectivity index (χ0n) is 12.9. The van der Waals surface area contributed by atoms with Crippen molar-refractivity contribution in [2.45, 2.75) is 38.4 Å². The number of carbonyl (C=O) groups is 1. The Balaban J connectivity index is 1.72. The Kier molecular flexibility index (Phi) is 4.66. The lowest BCUT2D eigenvalue weighted by Crippen LogP contribution is -2.33. The number of hydrogen-bond acceptors (Lipinski definition) is 4. The first-order valence-electron chi connectivity index (χ1n) is 7.78.